The maximum atomic E-state index is 4.33. The van der Waals surface area contributed by atoms with Gasteiger partial charge in [0.15, 0.2) is 0 Å². The average Bonchev–Trinajstić information content (AvgIpc) is 2.96. The Bertz CT molecular complexity index is 598. The van der Waals surface area contributed by atoms with Crippen LogP contribution in [0.5, 0.6) is 0 Å². The Morgan fingerprint density at radius 3 is 2.38 bits per heavy atom. The molecule has 2 N–H and O–H groups in total. The number of aromatic nitrogens is 2. The lowest BCUT2D eigenvalue weighted by Crippen LogP contribution is -2.15. The van der Waals surface area contributed by atoms with Crippen molar-refractivity contribution in [1.82, 2.24) is 9.97 Å². The van der Waals surface area contributed by atoms with Crippen LogP contribution in [0, 0.1) is 13.8 Å². The Morgan fingerprint density at radius 2 is 1.67 bits per heavy atom. The number of nitrogens with zero attached hydrogens (tertiary/aromatic N) is 2. The number of anilines is 3. The summed E-state index contributed by atoms with van der Waals surface area (Å²) in [6, 6.07) is 8.84. The summed E-state index contributed by atoms with van der Waals surface area (Å²) in [6.45, 7) is 4.21. The summed E-state index contributed by atoms with van der Waals surface area (Å²) in [6.07, 6.45) is 6.73. The lowest BCUT2D eigenvalue weighted by molar-refractivity contribution is 0.750. The first-order valence-electron chi connectivity index (χ1n) is 7.64. The van der Waals surface area contributed by atoms with Crippen LogP contribution in [0.15, 0.2) is 30.6 Å². The quantitative estimate of drug-likeness (QED) is 0.882. The number of hydrogen-bond donors (Lipinski definition) is 2. The van der Waals surface area contributed by atoms with Crippen molar-refractivity contribution >= 4 is 17.3 Å². The molecule has 1 heterocycles. The molecule has 0 saturated heterocycles. The van der Waals surface area contributed by atoms with Gasteiger partial charge in [-0.15, -0.1) is 0 Å². The third-order valence-corrected chi connectivity index (χ3v) is 4.11. The van der Waals surface area contributed by atoms with E-state index in [2.05, 4.69) is 52.6 Å². The van der Waals surface area contributed by atoms with Crippen LogP contribution in [0.2, 0.25) is 0 Å². The summed E-state index contributed by atoms with van der Waals surface area (Å²) in [5.41, 5.74) is 3.57. The van der Waals surface area contributed by atoms with E-state index in [0.29, 0.717) is 6.04 Å². The van der Waals surface area contributed by atoms with Gasteiger partial charge in [-0.2, -0.15) is 0 Å². The van der Waals surface area contributed by atoms with Gasteiger partial charge in [0.05, 0.1) is 0 Å². The third kappa shape index (κ3) is 3.32. The van der Waals surface area contributed by atoms with E-state index in [4.69, 9.17) is 0 Å². The summed E-state index contributed by atoms with van der Waals surface area (Å²) in [7, 11) is 0. The van der Waals surface area contributed by atoms with Crippen LogP contribution in [0.1, 0.15) is 36.8 Å². The predicted molar refractivity (Wildman–Crippen MR) is 87.1 cm³/mol. The predicted octanol–water partition coefficient (Wildman–Crippen LogP) is 4.19. The largest absolute Gasteiger partial charge is 0.367 e. The van der Waals surface area contributed by atoms with Crippen molar-refractivity contribution in [3.63, 3.8) is 0 Å². The second-order valence-electron chi connectivity index (χ2n) is 5.81. The first-order valence-corrected chi connectivity index (χ1v) is 7.64. The molecule has 0 amide bonds. The fourth-order valence-corrected chi connectivity index (χ4v) is 2.92. The Kier molecular flexibility index (Phi) is 4.04. The van der Waals surface area contributed by atoms with E-state index >= 15 is 0 Å². The van der Waals surface area contributed by atoms with Crippen LogP contribution in [0.25, 0.3) is 0 Å². The Hall–Kier alpha value is -2.10. The third-order valence-electron chi connectivity index (χ3n) is 4.11. The number of aryl methyl sites for hydroxylation is 2. The van der Waals surface area contributed by atoms with E-state index in [0.717, 1.165) is 17.3 Å². The van der Waals surface area contributed by atoms with Gasteiger partial charge in [0.2, 0.25) is 0 Å². The molecular weight excluding hydrogens is 260 g/mol. The van der Waals surface area contributed by atoms with E-state index < -0.39 is 0 Å². The van der Waals surface area contributed by atoms with E-state index in [9.17, 15) is 0 Å². The molecule has 1 aromatic heterocycles. The summed E-state index contributed by atoms with van der Waals surface area (Å²) in [5.74, 6) is 1.74. The number of benzene rings is 1. The number of hydrogen-bond acceptors (Lipinski definition) is 4. The standard InChI is InChI=1S/C17H22N4/c1-12-6-5-7-13(2)17(12)21-16-10-15(18-11-19-16)20-14-8-3-4-9-14/h5-7,10-11,14H,3-4,8-9H2,1-2H3,(H2,18,19,20,21). The minimum absolute atomic E-state index is 0.563. The van der Waals surface area contributed by atoms with Crippen molar-refractivity contribution in [3.05, 3.63) is 41.7 Å². The van der Waals surface area contributed by atoms with Gasteiger partial charge >= 0.3 is 0 Å². The monoisotopic (exact) mass is 282 g/mol. The number of nitrogens with one attached hydrogen (secondary N) is 2. The molecule has 2 aromatic rings. The smallest absolute Gasteiger partial charge is 0.135 e. The fourth-order valence-electron chi connectivity index (χ4n) is 2.92. The SMILES string of the molecule is Cc1cccc(C)c1Nc1cc(NC2CCCC2)ncn1. The molecule has 1 aromatic carbocycles. The van der Waals surface area contributed by atoms with E-state index in [1.807, 2.05) is 6.07 Å². The van der Waals surface area contributed by atoms with Crippen molar-refractivity contribution in [2.75, 3.05) is 10.6 Å². The van der Waals surface area contributed by atoms with Gasteiger partial charge in [0.25, 0.3) is 0 Å². The van der Waals surface area contributed by atoms with Crippen molar-refractivity contribution < 1.29 is 0 Å². The molecule has 0 unspecified atom stereocenters. The van der Waals surface area contributed by atoms with Crippen LogP contribution < -0.4 is 10.6 Å². The van der Waals surface area contributed by atoms with Gasteiger partial charge in [-0.1, -0.05) is 31.0 Å². The van der Waals surface area contributed by atoms with Gasteiger partial charge in [0.1, 0.15) is 18.0 Å². The molecule has 0 spiro atoms. The van der Waals surface area contributed by atoms with Gasteiger partial charge in [-0.25, -0.2) is 9.97 Å². The van der Waals surface area contributed by atoms with Gasteiger partial charge in [0, 0.05) is 17.8 Å². The number of para-hydroxylation sites is 1. The minimum atomic E-state index is 0.563. The molecule has 0 aliphatic heterocycles. The normalized spacial score (nSPS) is 15.1. The Balaban J connectivity index is 1.76. The maximum Gasteiger partial charge on any atom is 0.135 e. The molecule has 4 heteroatoms. The Morgan fingerprint density at radius 1 is 1.00 bits per heavy atom. The molecule has 0 atom stereocenters. The molecule has 0 radical (unpaired) electrons. The van der Waals surface area contributed by atoms with Crippen LogP contribution in [-0.2, 0) is 0 Å². The highest BCUT2D eigenvalue weighted by Crippen LogP contribution is 2.25. The Labute approximate surface area is 126 Å². The zero-order valence-electron chi connectivity index (χ0n) is 12.7. The molecule has 3 rings (SSSR count). The number of rotatable bonds is 4. The van der Waals surface area contributed by atoms with Crippen molar-refractivity contribution in [1.29, 1.82) is 0 Å². The summed E-state index contributed by atoms with van der Waals surface area (Å²) >= 11 is 0. The zero-order chi connectivity index (χ0) is 14.7. The van der Waals surface area contributed by atoms with Crippen molar-refractivity contribution in [2.45, 2.75) is 45.6 Å². The second-order valence-corrected chi connectivity index (χ2v) is 5.81. The van der Waals surface area contributed by atoms with Gasteiger partial charge in [-0.3, -0.25) is 0 Å². The fraction of sp³-hybridized carbons (Fsp3) is 0.412. The van der Waals surface area contributed by atoms with E-state index in [-0.39, 0.29) is 0 Å². The van der Waals surface area contributed by atoms with Crippen LogP contribution in [-0.4, -0.2) is 16.0 Å². The molecule has 21 heavy (non-hydrogen) atoms. The molecule has 110 valence electrons. The first-order chi connectivity index (χ1) is 10.2. The average molecular weight is 282 g/mol. The lowest BCUT2D eigenvalue weighted by Gasteiger charge is -2.15. The topological polar surface area (TPSA) is 49.8 Å². The molecule has 1 aliphatic carbocycles. The molecule has 1 aliphatic rings. The van der Waals surface area contributed by atoms with Crippen molar-refractivity contribution in [3.8, 4) is 0 Å². The molecular formula is C17H22N4. The molecule has 0 bridgehead atoms. The van der Waals surface area contributed by atoms with E-state index in [1.54, 1.807) is 6.33 Å². The summed E-state index contributed by atoms with van der Waals surface area (Å²) in [5, 5.41) is 6.92. The lowest BCUT2D eigenvalue weighted by atomic mass is 10.1. The zero-order valence-corrected chi connectivity index (χ0v) is 12.7. The minimum Gasteiger partial charge on any atom is -0.367 e. The molecule has 1 saturated carbocycles. The summed E-state index contributed by atoms with van der Waals surface area (Å²) in [4.78, 5) is 8.66. The van der Waals surface area contributed by atoms with Gasteiger partial charge < -0.3 is 10.6 Å². The second kappa shape index (κ2) is 6.12. The van der Waals surface area contributed by atoms with Crippen molar-refractivity contribution in [2.24, 2.45) is 0 Å². The highest BCUT2D eigenvalue weighted by molar-refractivity contribution is 5.65. The highest BCUT2D eigenvalue weighted by atomic mass is 15.1. The summed E-state index contributed by atoms with van der Waals surface area (Å²) < 4.78 is 0. The van der Waals surface area contributed by atoms with E-state index in [1.165, 1.54) is 36.8 Å². The molecule has 4 nitrogen and oxygen atoms in total. The van der Waals surface area contributed by atoms with Crippen LogP contribution in [0.4, 0.5) is 17.3 Å². The van der Waals surface area contributed by atoms with Gasteiger partial charge in [-0.05, 0) is 37.8 Å². The molecule has 1 fully saturated rings. The highest BCUT2D eigenvalue weighted by Gasteiger charge is 2.15. The van der Waals surface area contributed by atoms with Crippen LogP contribution in [0.3, 0.4) is 0 Å². The maximum absolute atomic E-state index is 4.33. The van der Waals surface area contributed by atoms with Crippen LogP contribution >= 0.6 is 0 Å². The first kappa shape index (κ1) is 13.9.